The number of anilines is 2. The number of benzene rings is 2. The second-order valence-corrected chi connectivity index (χ2v) is 11.7. The monoisotopic (exact) mass is 577 g/mol. The number of thiazole rings is 1. The summed E-state index contributed by atoms with van der Waals surface area (Å²) in [6.45, 7) is 6.31. The molecule has 2 aromatic heterocycles. The molecule has 0 bridgehead atoms. The molecule has 0 saturated carbocycles. The topological polar surface area (TPSA) is 106 Å². The first-order valence-electron chi connectivity index (χ1n) is 11.9. The summed E-state index contributed by atoms with van der Waals surface area (Å²) in [6, 6.07) is 8.04. The molecular formula is C26H26F3N5O3S2. The maximum absolute atomic E-state index is 14.8. The van der Waals surface area contributed by atoms with Gasteiger partial charge in [-0.3, -0.25) is 4.72 Å². The highest BCUT2D eigenvalue weighted by Crippen LogP contribution is 2.39. The highest BCUT2D eigenvalue weighted by Gasteiger charge is 2.26. The molecule has 0 aliphatic rings. The molecule has 2 N–H and O–H groups in total. The Kier molecular flexibility index (Phi) is 8.52. The van der Waals surface area contributed by atoms with Gasteiger partial charge in [-0.05, 0) is 43.3 Å². The first kappa shape index (κ1) is 28.5. The second kappa shape index (κ2) is 11.7. The van der Waals surface area contributed by atoms with Crippen LogP contribution in [0.25, 0.3) is 21.8 Å². The van der Waals surface area contributed by atoms with Gasteiger partial charge in [-0.2, -0.15) is 0 Å². The van der Waals surface area contributed by atoms with Crippen LogP contribution >= 0.6 is 11.3 Å². The number of nitrogens with one attached hydrogen (secondary N) is 2. The molecule has 1 atom stereocenters. The minimum Gasteiger partial charge on any atom is -0.383 e. The van der Waals surface area contributed by atoms with E-state index in [-0.39, 0.29) is 12.0 Å². The van der Waals surface area contributed by atoms with Crippen LogP contribution in [0.15, 0.2) is 53.6 Å². The molecule has 0 radical (unpaired) electrons. The van der Waals surface area contributed by atoms with Crippen LogP contribution in [0.1, 0.15) is 31.7 Å². The summed E-state index contributed by atoms with van der Waals surface area (Å²) in [5, 5.41) is 3.94. The van der Waals surface area contributed by atoms with Crippen molar-refractivity contribution in [3.8, 4) is 21.8 Å². The average Bonchev–Trinajstić information content (AvgIpc) is 3.31. The minimum absolute atomic E-state index is 0.0515. The van der Waals surface area contributed by atoms with Gasteiger partial charge in [0.1, 0.15) is 17.5 Å². The van der Waals surface area contributed by atoms with E-state index < -0.39 is 38.1 Å². The van der Waals surface area contributed by atoms with Gasteiger partial charge in [0.25, 0.3) is 10.0 Å². The van der Waals surface area contributed by atoms with E-state index in [2.05, 4.69) is 15.3 Å². The van der Waals surface area contributed by atoms with Gasteiger partial charge in [-0.15, -0.1) is 11.3 Å². The average molecular weight is 578 g/mol. The van der Waals surface area contributed by atoms with Crippen molar-refractivity contribution in [1.29, 1.82) is 0 Å². The predicted octanol–water partition coefficient (Wildman–Crippen LogP) is 6.06. The van der Waals surface area contributed by atoms with Gasteiger partial charge in [0.05, 0.1) is 33.6 Å². The van der Waals surface area contributed by atoms with E-state index in [9.17, 15) is 21.6 Å². The highest BCUT2D eigenvalue weighted by atomic mass is 32.2. The van der Waals surface area contributed by atoms with Crippen molar-refractivity contribution in [3.05, 3.63) is 71.1 Å². The molecule has 8 nitrogen and oxygen atoms in total. The Bertz CT molecular complexity index is 1580. The summed E-state index contributed by atoms with van der Waals surface area (Å²) in [4.78, 5) is 13.1. The fraction of sp³-hybridized carbons (Fsp3) is 0.269. The molecule has 2 aromatic carbocycles. The van der Waals surface area contributed by atoms with E-state index >= 15 is 0 Å². The molecule has 0 aliphatic carbocycles. The van der Waals surface area contributed by atoms with Gasteiger partial charge in [0.2, 0.25) is 5.95 Å². The van der Waals surface area contributed by atoms with Crippen LogP contribution in [-0.2, 0) is 14.8 Å². The van der Waals surface area contributed by atoms with Gasteiger partial charge in [-0.1, -0.05) is 19.9 Å². The van der Waals surface area contributed by atoms with Crippen molar-refractivity contribution in [3.63, 3.8) is 0 Å². The van der Waals surface area contributed by atoms with E-state index in [4.69, 9.17) is 9.72 Å². The molecule has 4 rings (SSSR count). The number of aromatic nitrogens is 3. The number of nitrogens with zero attached hydrogens (tertiary/aromatic N) is 3. The van der Waals surface area contributed by atoms with Crippen LogP contribution in [0.4, 0.5) is 24.8 Å². The lowest BCUT2D eigenvalue weighted by Crippen LogP contribution is -2.22. The van der Waals surface area contributed by atoms with Gasteiger partial charge in [-0.25, -0.2) is 36.5 Å². The van der Waals surface area contributed by atoms with Crippen LogP contribution in [0.5, 0.6) is 0 Å². The summed E-state index contributed by atoms with van der Waals surface area (Å²) >= 11 is 1.39. The molecule has 0 fully saturated rings. The van der Waals surface area contributed by atoms with Crippen molar-refractivity contribution in [2.45, 2.75) is 37.6 Å². The van der Waals surface area contributed by atoms with Crippen molar-refractivity contribution in [2.75, 3.05) is 23.8 Å². The molecule has 206 valence electrons. The standard InChI is InChI=1S/C26H26F3N5O3S2/c1-14(2)25-33-22(23(38-25)20-10-11-30-26(32-20)31-15(3)13-37-4)16-8-9-17(27)21(12-16)34-39(35,36)24-18(28)6-5-7-19(24)29/h5-12,14-15,34H,13H2,1-4H3,(H,30,31,32). The zero-order chi connectivity index (χ0) is 28.3. The Hall–Kier alpha value is -3.55. The lowest BCUT2D eigenvalue weighted by Gasteiger charge is -2.13. The summed E-state index contributed by atoms with van der Waals surface area (Å²) in [5.74, 6) is -3.08. The van der Waals surface area contributed by atoms with Gasteiger partial charge in [0.15, 0.2) is 4.90 Å². The Labute approximate surface area is 228 Å². The Balaban J connectivity index is 1.76. The van der Waals surface area contributed by atoms with Crippen molar-refractivity contribution >= 4 is 33.0 Å². The number of methoxy groups -OCH3 is 1. The largest absolute Gasteiger partial charge is 0.383 e. The minimum atomic E-state index is -4.79. The predicted molar refractivity (Wildman–Crippen MR) is 145 cm³/mol. The van der Waals surface area contributed by atoms with Gasteiger partial charge < -0.3 is 10.1 Å². The Morgan fingerprint density at radius 1 is 1.00 bits per heavy atom. The summed E-state index contributed by atoms with van der Waals surface area (Å²) in [6.07, 6.45) is 1.59. The molecule has 4 aromatic rings. The number of sulfonamides is 1. The van der Waals surface area contributed by atoms with E-state index in [0.29, 0.717) is 34.4 Å². The molecule has 39 heavy (non-hydrogen) atoms. The lowest BCUT2D eigenvalue weighted by molar-refractivity contribution is 0.190. The fourth-order valence-corrected chi connectivity index (χ4v) is 5.96. The van der Waals surface area contributed by atoms with Crippen molar-refractivity contribution < 1.29 is 26.3 Å². The summed E-state index contributed by atoms with van der Waals surface area (Å²) in [5.41, 5.74) is 0.882. The number of halogens is 3. The van der Waals surface area contributed by atoms with Crippen LogP contribution in [-0.4, -0.2) is 43.1 Å². The third kappa shape index (κ3) is 6.37. The normalized spacial score (nSPS) is 12.5. The summed E-state index contributed by atoms with van der Waals surface area (Å²) < 4.78 is 75.8. The smallest absolute Gasteiger partial charge is 0.267 e. The van der Waals surface area contributed by atoms with Crippen LogP contribution in [0.2, 0.25) is 0 Å². The lowest BCUT2D eigenvalue weighted by atomic mass is 10.1. The zero-order valence-corrected chi connectivity index (χ0v) is 23.1. The van der Waals surface area contributed by atoms with Crippen molar-refractivity contribution in [2.24, 2.45) is 0 Å². The Morgan fingerprint density at radius 3 is 2.38 bits per heavy atom. The first-order chi connectivity index (χ1) is 18.5. The number of hydrogen-bond donors (Lipinski definition) is 2. The molecule has 0 spiro atoms. The van der Waals surface area contributed by atoms with Crippen LogP contribution in [0.3, 0.4) is 0 Å². The van der Waals surface area contributed by atoms with E-state index in [1.807, 2.05) is 25.5 Å². The molecule has 1 unspecified atom stereocenters. The zero-order valence-electron chi connectivity index (χ0n) is 21.5. The van der Waals surface area contributed by atoms with Gasteiger partial charge in [0, 0.05) is 30.8 Å². The molecule has 0 saturated heterocycles. The van der Waals surface area contributed by atoms with Crippen molar-refractivity contribution in [1.82, 2.24) is 15.0 Å². The molecular weight excluding hydrogens is 551 g/mol. The molecule has 2 heterocycles. The SMILES string of the molecule is COCC(C)Nc1nccc(-c2sc(C(C)C)nc2-c2ccc(F)c(NS(=O)(=O)c3c(F)cccc3F)c2)n1. The van der Waals surface area contributed by atoms with Gasteiger partial charge >= 0.3 is 0 Å². The third-order valence-corrected chi connectivity index (χ3v) is 8.28. The molecule has 13 heteroatoms. The van der Waals surface area contributed by atoms with E-state index in [0.717, 1.165) is 29.3 Å². The molecule has 0 amide bonds. The quantitative estimate of drug-likeness (QED) is 0.236. The molecule has 0 aliphatic heterocycles. The maximum Gasteiger partial charge on any atom is 0.267 e. The summed E-state index contributed by atoms with van der Waals surface area (Å²) in [7, 11) is -3.19. The first-order valence-corrected chi connectivity index (χ1v) is 14.2. The second-order valence-electron chi connectivity index (χ2n) is 9.00. The number of ether oxygens (including phenoxy) is 1. The van der Waals surface area contributed by atoms with Crippen LogP contribution in [0, 0.1) is 17.5 Å². The Morgan fingerprint density at radius 2 is 1.72 bits per heavy atom. The van der Waals surface area contributed by atoms with Crippen LogP contribution < -0.4 is 10.0 Å². The third-order valence-electron chi connectivity index (χ3n) is 5.49. The van der Waals surface area contributed by atoms with E-state index in [1.165, 1.54) is 23.5 Å². The highest BCUT2D eigenvalue weighted by molar-refractivity contribution is 7.92. The number of hydrogen-bond acceptors (Lipinski definition) is 8. The van der Waals surface area contributed by atoms with E-state index in [1.54, 1.807) is 19.4 Å². The fourth-order valence-electron chi connectivity index (χ4n) is 3.71. The maximum atomic E-state index is 14.8. The number of rotatable bonds is 10.